The van der Waals surface area contributed by atoms with Gasteiger partial charge in [0.2, 0.25) is 0 Å². The molecule has 15 heavy (non-hydrogen) atoms. The molecule has 0 atom stereocenters. The quantitative estimate of drug-likeness (QED) is 0.611. The van der Waals surface area contributed by atoms with Gasteiger partial charge in [0.1, 0.15) is 22.7 Å². The van der Waals surface area contributed by atoms with E-state index in [0.717, 1.165) is 0 Å². The van der Waals surface area contributed by atoms with Crippen LogP contribution in [0.5, 0.6) is 11.5 Å². The topological polar surface area (TPSA) is 90.7 Å². The Labute approximate surface area is 84.2 Å². The molecule has 0 unspecified atom stereocenters. The minimum atomic E-state index is -1.18. The maximum absolute atomic E-state index is 10.6. The molecule has 1 heterocycles. The molecule has 3 N–H and O–H groups in total. The Kier molecular flexibility index (Phi) is 1.93. The number of carbonyl (C=O) groups is 1. The first-order valence-corrected chi connectivity index (χ1v) is 4.14. The van der Waals surface area contributed by atoms with Gasteiger partial charge in [-0.05, 0) is 24.3 Å². The van der Waals surface area contributed by atoms with E-state index in [2.05, 4.69) is 4.98 Å². The number of nitrogens with zero attached hydrogens (tertiary/aromatic N) is 1. The molecular formula is C10H7NO4. The van der Waals surface area contributed by atoms with Gasteiger partial charge in [0.25, 0.3) is 0 Å². The van der Waals surface area contributed by atoms with Crippen molar-refractivity contribution in [2.24, 2.45) is 0 Å². The highest BCUT2D eigenvalue weighted by atomic mass is 16.4. The zero-order valence-corrected chi connectivity index (χ0v) is 7.51. The van der Waals surface area contributed by atoms with Crippen LogP contribution in [-0.4, -0.2) is 26.3 Å². The molecule has 0 amide bonds. The lowest BCUT2D eigenvalue weighted by Gasteiger charge is -2.03. The molecule has 2 rings (SSSR count). The van der Waals surface area contributed by atoms with E-state index in [9.17, 15) is 15.0 Å². The van der Waals surface area contributed by atoms with Gasteiger partial charge in [0.05, 0.1) is 0 Å². The molecule has 0 aliphatic heterocycles. The van der Waals surface area contributed by atoms with Crippen LogP contribution in [0.4, 0.5) is 0 Å². The summed E-state index contributed by atoms with van der Waals surface area (Å²) < 4.78 is 0. The Balaban J connectivity index is 2.81. The highest BCUT2D eigenvalue weighted by Crippen LogP contribution is 2.30. The third kappa shape index (κ3) is 1.43. The van der Waals surface area contributed by atoms with Crippen LogP contribution < -0.4 is 0 Å². The van der Waals surface area contributed by atoms with Crippen LogP contribution in [0.15, 0.2) is 24.3 Å². The van der Waals surface area contributed by atoms with E-state index in [4.69, 9.17) is 5.11 Å². The molecule has 76 valence electrons. The van der Waals surface area contributed by atoms with E-state index in [0.29, 0.717) is 5.39 Å². The maximum atomic E-state index is 10.6. The van der Waals surface area contributed by atoms with E-state index in [-0.39, 0.29) is 22.7 Å². The summed E-state index contributed by atoms with van der Waals surface area (Å²) in [6.07, 6.45) is 0. The first-order chi connectivity index (χ1) is 7.09. The average molecular weight is 205 g/mol. The molecule has 2 aromatic rings. The minimum Gasteiger partial charge on any atom is -0.507 e. The molecule has 0 bridgehead atoms. The fourth-order valence-electron chi connectivity index (χ4n) is 1.31. The number of hydrogen-bond donors (Lipinski definition) is 3. The van der Waals surface area contributed by atoms with Crippen molar-refractivity contribution < 1.29 is 20.1 Å². The predicted octanol–water partition coefficient (Wildman–Crippen LogP) is 1.34. The number of benzene rings is 1. The molecule has 0 aliphatic carbocycles. The maximum Gasteiger partial charge on any atom is 0.354 e. The lowest BCUT2D eigenvalue weighted by molar-refractivity contribution is 0.0691. The van der Waals surface area contributed by atoms with Gasteiger partial charge in [0.15, 0.2) is 0 Å². The molecule has 0 radical (unpaired) electrons. The van der Waals surface area contributed by atoms with Crippen molar-refractivity contribution in [3.8, 4) is 11.5 Å². The summed E-state index contributed by atoms with van der Waals surface area (Å²) in [6, 6.07) is 5.25. The molecule has 0 saturated carbocycles. The number of fused-ring (bicyclic) bond motifs is 1. The zero-order valence-electron chi connectivity index (χ0n) is 7.51. The third-order valence-corrected chi connectivity index (χ3v) is 2.03. The number of aromatic nitrogens is 1. The number of rotatable bonds is 1. The Hall–Kier alpha value is -2.30. The number of carboxylic acid groups (broad SMARTS) is 1. The van der Waals surface area contributed by atoms with Gasteiger partial charge in [-0.1, -0.05) is 0 Å². The predicted molar refractivity (Wildman–Crippen MR) is 52.0 cm³/mol. The summed E-state index contributed by atoms with van der Waals surface area (Å²) in [5.41, 5.74) is -0.0988. The first-order valence-electron chi connectivity index (χ1n) is 4.14. The molecule has 0 spiro atoms. The van der Waals surface area contributed by atoms with Crippen LogP contribution in [0.3, 0.4) is 0 Å². The van der Waals surface area contributed by atoms with Gasteiger partial charge in [0, 0.05) is 5.39 Å². The largest absolute Gasteiger partial charge is 0.507 e. The summed E-state index contributed by atoms with van der Waals surface area (Å²) in [4.78, 5) is 14.4. The van der Waals surface area contributed by atoms with Crippen LogP contribution in [0, 0.1) is 0 Å². The second kappa shape index (κ2) is 3.13. The van der Waals surface area contributed by atoms with Crippen molar-refractivity contribution in [3.05, 3.63) is 30.0 Å². The highest BCUT2D eigenvalue weighted by Gasteiger charge is 2.10. The number of carboxylic acids is 1. The number of phenols is 2. The normalized spacial score (nSPS) is 10.4. The summed E-state index contributed by atoms with van der Waals surface area (Å²) >= 11 is 0. The Morgan fingerprint density at radius 3 is 2.40 bits per heavy atom. The smallest absolute Gasteiger partial charge is 0.354 e. The van der Waals surface area contributed by atoms with Crippen molar-refractivity contribution in [2.75, 3.05) is 0 Å². The van der Waals surface area contributed by atoms with Gasteiger partial charge < -0.3 is 15.3 Å². The van der Waals surface area contributed by atoms with Gasteiger partial charge in [-0.3, -0.25) is 0 Å². The van der Waals surface area contributed by atoms with Crippen molar-refractivity contribution in [1.29, 1.82) is 0 Å². The van der Waals surface area contributed by atoms with Crippen molar-refractivity contribution >= 4 is 16.9 Å². The summed E-state index contributed by atoms with van der Waals surface area (Å²) in [5, 5.41) is 27.9. The van der Waals surface area contributed by atoms with Gasteiger partial charge in [-0.25, -0.2) is 9.78 Å². The Bertz CT molecular complexity index is 550. The fraction of sp³-hybridized carbons (Fsp3) is 0. The molecule has 0 saturated heterocycles. The molecule has 5 nitrogen and oxygen atoms in total. The lowest BCUT2D eigenvalue weighted by atomic mass is 10.1. The van der Waals surface area contributed by atoms with E-state index < -0.39 is 5.97 Å². The standard InChI is InChI=1S/C10H7NO4/c12-7-3-4-8(13)9-5(7)1-2-6(11-9)10(14)15/h1-4,12-13H,(H,14,15). The van der Waals surface area contributed by atoms with E-state index in [1.54, 1.807) is 0 Å². The third-order valence-electron chi connectivity index (χ3n) is 2.03. The number of pyridine rings is 1. The molecule has 0 aliphatic rings. The van der Waals surface area contributed by atoms with Gasteiger partial charge in [-0.2, -0.15) is 0 Å². The van der Waals surface area contributed by atoms with Crippen molar-refractivity contribution in [1.82, 2.24) is 4.98 Å². The van der Waals surface area contributed by atoms with E-state index in [1.165, 1.54) is 24.3 Å². The van der Waals surface area contributed by atoms with Gasteiger partial charge >= 0.3 is 5.97 Å². The van der Waals surface area contributed by atoms with Crippen LogP contribution in [0.1, 0.15) is 10.5 Å². The molecule has 5 heteroatoms. The fourth-order valence-corrected chi connectivity index (χ4v) is 1.31. The average Bonchev–Trinajstić information content (AvgIpc) is 2.23. The minimum absolute atomic E-state index is 0.0489. The van der Waals surface area contributed by atoms with Crippen molar-refractivity contribution in [2.45, 2.75) is 0 Å². The Morgan fingerprint density at radius 2 is 1.73 bits per heavy atom. The molecule has 1 aromatic heterocycles. The first kappa shape index (κ1) is 9.26. The van der Waals surface area contributed by atoms with Crippen molar-refractivity contribution in [3.63, 3.8) is 0 Å². The molecule has 1 aromatic carbocycles. The monoisotopic (exact) mass is 205 g/mol. The number of aromatic hydroxyl groups is 2. The summed E-state index contributed by atoms with van der Waals surface area (Å²) in [7, 11) is 0. The van der Waals surface area contributed by atoms with E-state index in [1.807, 2.05) is 0 Å². The van der Waals surface area contributed by atoms with Gasteiger partial charge in [-0.15, -0.1) is 0 Å². The number of hydrogen-bond acceptors (Lipinski definition) is 4. The second-order valence-corrected chi connectivity index (χ2v) is 3.00. The molecular weight excluding hydrogens is 198 g/mol. The van der Waals surface area contributed by atoms with Crippen LogP contribution in [-0.2, 0) is 0 Å². The lowest BCUT2D eigenvalue weighted by Crippen LogP contribution is -1.99. The summed E-state index contributed by atoms with van der Waals surface area (Å²) in [5.74, 6) is -1.39. The highest BCUT2D eigenvalue weighted by molar-refractivity contribution is 5.94. The van der Waals surface area contributed by atoms with Crippen LogP contribution in [0.2, 0.25) is 0 Å². The van der Waals surface area contributed by atoms with E-state index >= 15 is 0 Å². The number of aromatic carboxylic acids is 1. The summed E-state index contributed by atoms with van der Waals surface area (Å²) in [6.45, 7) is 0. The Morgan fingerprint density at radius 1 is 1.07 bits per heavy atom. The second-order valence-electron chi connectivity index (χ2n) is 3.00. The zero-order chi connectivity index (χ0) is 11.0. The van der Waals surface area contributed by atoms with Crippen LogP contribution in [0.25, 0.3) is 10.9 Å². The SMILES string of the molecule is O=C(O)c1ccc2c(O)ccc(O)c2n1. The number of phenolic OH excluding ortho intramolecular Hbond substituents is 2. The van der Waals surface area contributed by atoms with Crippen LogP contribution >= 0.6 is 0 Å². The molecule has 0 fully saturated rings.